The molecule has 3 rings (SSSR count). The highest BCUT2D eigenvalue weighted by Crippen LogP contribution is 2.33. The van der Waals surface area contributed by atoms with Crippen LogP contribution >= 0.6 is 11.6 Å². The Bertz CT molecular complexity index is 607. The van der Waals surface area contributed by atoms with Crippen molar-refractivity contribution in [3.8, 4) is 0 Å². The van der Waals surface area contributed by atoms with Gasteiger partial charge in [-0.1, -0.05) is 11.6 Å². The molecule has 1 aromatic rings. The SMILES string of the molecule is O=C(O)c1cc(Cl)cc(N2C(=O)C3CCC(O3)C2=O)c1. The number of carbonyl (C=O) groups is 3. The van der Waals surface area contributed by atoms with Crippen molar-refractivity contribution in [3.63, 3.8) is 0 Å². The molecule has 2 atom stereocenters. The van der Waals surface area contributed by atoms with Crippen LogP contribution in [0.3, 0.4) is 0 Å². The van der Waals surface area contributed by atoms with Crippen molar-refractivity contribution in [1.29, 1.82) is 0 Å². The van der Waals surface area contributed by atoms with Crippen LogP contribution in [0.2, 0.25) is 5.02 Å². The molecule has 2 heterocycles. The maximum Gasteiger partial charge on any atom is 0.335 e. The summed E-state index contributed by atoms with van der Waals surface area (Å²) in [5.74, 6) is -2.12. The van der Waals surface area contributed by atoms with Crippen LogP contribution in [0, 0.1) is 0 Å². The number of amides is 2. The summed E-state index contributed by atoms with van der Waals surface area (Å²) in [5.41, 5.74) is 0.0945. The molecule has 0 radical (unpaired) electrons. The normalized spacial score (nSPS) is 25.1. The van der Waals surface area contributed by atoms with Crippen LogP contribution in [-0.4, -0.2) is 35.1 Å². The second-order valence-electron chi connectivity index (χ2n) is 4.71. The fourth-order valence-electron chi connectivity index (χ4n) is 2.48. The number of hydrogen-bond acceptors (Lipinski definition) is 4. The molecule has 1 aromatic carbocycles. The van der Waals surface area contributed by atoms with Crippen LogP contribution in [-0.2, 0) is 14.3 Å². The van der Waals surface area contributed by atoms with Gasteiger partial charge >= 0.3 is 5.97 Å². The third-order valence-electron chi connectivity index (χ3n) is 3.40. The zero-order valence-electron chi connectivity index (χ0n) is 10.2. The zero-order valence-corrected chi connectivity index (χ0v) is 11.0. The fourth-order valence-corrected chi connectivity index (χ4v) is 2.71. The zero-order chi connectivity index (χ0) is 14.4. The number of nitrogens with zero attached hydrogens (tertiary/aromatic N) is 1. The van der Waals surface area contributed by atoms with Gasteiger partial charge in [0.2, 0.25) is 0 Å². The molecule has 2 bridgehead atoms. The predicted molar refractivity (Wildman–Crippen MR) is 68.8 cm³/mol. The Labute approximate surface area is 118 Å². The van der Waals surface area contributed by atoms with Crippen molar-refractivity contribution in [1.82, 2.24) is 0 Å². The molecule has 1 N–H and O–H groups in total. The number of carbonyl (C=O) groups excluding carboxylic acids is 2. The maximum atomic E-state index is 12.2. The molecule has 0 spiro atoms. The number of fused-ring (bicyclic) bond motifs is 2. The number of hydrogen-bond donors (Lipinski definition) is 1. The standard InChI is InChI=1S/C13H10ClNO5/c14-7-3-6(13(18)19)4-8(5-7)15-11(16)9-1-2-10(20-9)12(15)17/h3-5,9-10H,1-2H2,(H,18,19). The minimum Gasteiger partial charge on any atom is -0.478 e. The molecule has 104 valence electrons. The van der Waals surface area contributed by atoms with Crippen molar-refractivity contribution in [2.45, 2.75) is 25.0 Å². The molecule has 20 heavy (non-hydrogen) atoms. The number of rotatable bonds is 2. The smallest absolute Gasteiger partial charge is 0.335 e. The van der Waals surface area contributed by atoms with Crippen molar-refractivity contribution < 1.29 is 24.2 Å². The van der Waals surface area contributed by atoms with Gasteiger partial charge < -0.3 is 9.84 Å². The Morgan fingerprint density at radius 2 is 1.80 bits per heavy atom. The van der Waals surface area contributed by atoms with Gasteiger partial charge in [-0.15, -0.1) is 0 Å². The van der Waals surface area contributed by atoms with Crippen LogP contribution in [0.25, 0.3) is 0 Å². The third-order valence-corrected chi connectivity index (χ3v) is 3.62. The maximum absolute atomic E-state index is 12.2. The van der Waals surface area contributed by atoms with Gasteiger partial charge in [-0.2, -0.15) is 0 Å². The van der Waals surface area contributed by atoms with Crippen molar-refractivity contribution in [2.24, 2.45) is 0 Å². The van der Waals surface area contributed by atoms with E-state index in [1.54, 1.807) is 0 Å². The number of morpholine rings is 1. The van der Waals surface area contributed by atoms with Crippen molar-refractivity contribution >= 4 is 35.1 Å². The van der Waals surface area contributed by atoms with Gasteiger partial charge in [-0.25, -0.2) is 9.69 Å². The molecule has 0 aromatic heterocycles. The van der Waals surface area contributed by atoms with Crippen LogP contribution in [0.1, 0.15) is 23.2 Å². The van der Waals surface area contributed by atoms with E-state index >= 15 is 0 Å². The van der Waals surface area contributed by atoms with Gasteiger partial charge in [0.25, 0.3) is 11.8 Å². The van der Waals surface area contributed by atoms with Gasteiger partial charge in [0.15, 0.2) is 0 Å². The lowest BCUT2D eigenvalue weighted by Gasteiger charge is -2.30. The van der Waals surface area contributed by atoms with Crippen LogP contribution in [0.4, 0.5) is 5.69 Å². The summed E-state index contributed by atoms with van der Waals surface area (Å²) in [6.07, 6.45) is -0.272. The first-order valence-corrected chi connectivity index (χ1v) is 6.42. The van der Waals surface area contributed by atoms with E-state index in [1.807, 2.05) is 0 Å². The highest BCUT2D eigenvalue weighted by atomic mass is 35.5. The number of carboxylic acid groups (broad SMARTS) is 1. The highest BCUT2D eigenvalue weighted by Gasteiger charge is 2.47. The Balaban J connectivity index is 2.06. The minimum atomic E-state index is -1.18. The molecule has 0 aliphatic carbocycles. The molecule has 2 aliphatic heterocycles. The highest BCUT2D eigenvalue weighted by molar-refractivity contribution is 6.31. The van der Waals surface area contributed by atoms with Crippen LogP contribution in [0.5, 0.6) is 0 Å². The summed E-state index contributed by atoms with van der Waals surface area (Å²) < 4.78 is 5.29. The summed E-state index contributed by atoms with van der Waals surface area (Å²) in [6, 6.07) is 3.92. The van der Waals surface area contributed by atoms with Crippen LogP contribution < -0.4 is 4.90 Å². The number of halogens is 1. The molecular weight excluding hydrogens is 286 g/mol. The number of aromatic carboxylic acids is 1. The van der Waals surface area contributed by atoms with E-state index in [-0.39, 0.29) is 16.3 Å². The number of carboxylic acids is 1. The topological polar surface area (TPSA) is 83.9 Å². The first-order valence-electron chi connectivity index (χ1n) is 6.04. The lowest BCUT2D eigenvalue weighted by Crippen LogP contribution is -2.52. The quantitative estimate of drug-likeness (QED) is 0.835. The second kappa shape index (κ2) is 4.57. The largest absolute Gasteiger partial charge is 0.478 e. The van der Waals surface area contributed by atoms with Gasteiger partial charge in [-0.3, -0.25) is 9.59 Å². The minimum absolute atomic E-state index is 0.0769. The van der Waals surface area contributed by atoms with Crippen LogP contribution in [0.15, 0.2) is 18.2 Å². The van der Waals surface area contributed by atoms with E-state index in [0.29, 0.717) is 12.8 Å². The van der Waals surface area contributed by atoms with Gasteiger partial charge in [0, 0.05) is 5.02 Å². The molecular formula is C13H10ClNO5. The summed E-state index contributed by atoms with van der Waals surface area (Å²) in [4.78, 5) is 36.3. The second-order valence-corrected chi connectivity index (χ2v) is 5.14. The van der Waals surface area contributed by atoms with Crippen molar-refractivity contribution in [2.75, 3.05) is 4.90 Å². The van der Waals surface area contributed by atoms with E-state index in [9.17, 15) is 14.4 Å². The van der Waals surface area contributed by atoms with E-state index in [1.165, 1.54) is 18.2 Å². The number of imide groups is 1. The molecule has 0 saturated carbocycles. The number of anilines is 1. The number of benzene rings is 1. The first-order chi connectivity index (χ1) is 9.47. The average Bonchev–Trinajstić information content (AvgIpc) is 2.83. The molecule has 2 fully saturated rings. The predicted octanol–water partition coefficient (Wildman–Crippen LogP) is 1.46. The van der Waals surface area contributed by atoms with Gasteiger partial charge in [0.1, 0.15) is 12.2 Å². The van der Waals surface area contributed by atoms with E-state index in [4.69, 9.17) is 21.4 Å². The summed E-state index contributed by atoms with van der Waals surface area (Å²) in [5, 5.41) is 9.16. The first kappa shape index (κ1) is 13.1. The van der Waals surface area contributed by atoms with E-state index < -0.39 is 30.0 Å². The summed E-state index contributed by atoms with van der Waals surface area (Å²) >= 11 is 5.85. The third kappa shape index (κ3) is 1.97. The molecule has 6 nitrogen and oxygen atoms in total. The fraction of sp³-hybridized carbons (Fsp3) is 0.308. The molecule has 2 aliphatic rings. The molecule has 7 heteroatoms. The Morgan fingerprint density at radius 3 is 2.35 bits per heavy atom. The molecule has 2 amide bonds. The monoisotopic (exact) mass is 295 g/mol. The molecule has 2 unspecified atom stereocenters. The van der Waals surface area contributed by atoms with Crippen molar-refractivity contribution in [3.05, 3.63) is 28.8 Å². The van der Waals surface area contributed by atoms with Gasteiger partial charge in [0.05, 0.1) is 11.3 Å². The Kier molecular flexibility index (Phi) is 2.99. The van der Waals surface area contributed by atoms with E-state index in [0.717, 1.165) is 4.90 Å². The van der Waals surface area contributed by atoms with E-state index in [2.05, 4.69) is 0 Å². The molecule has 2 saturated heterocycles. The Morgan fingerprint density at radius 1 is 1.20 bits per heavy atom. The average molecular weight is 296 g/mol. The van der Waals surface area contributed by atoms with Gasteiger partial charge in [-0.05, 0) is 31.0 Å². The lowest BCUT2D eigenvalue weighted by atomic mass is 10.1. The summed E-state index contributed by atoms with van der Waals surface area (Å²) in [7, 11) is 0. The summed E-state index contributed by atoms with van der Waals surface area (Å²) in [6.45, 7) is 0. The lowest BCUT2D eigenvalue weighted by molar-refractivity contribution is -0.146. The Hall–Kier alpha value is -1.92. The number of ether oxygens (including phenoxy) is 1.